The molecule has 2 heteroatoms. The van der Waals surface area contributed by atoms with E-state index in [0.29, 0.717) is 11.8 Å². The molecule has 0 spiro atoms. The number of rotatable bonds is 5. The fraction of sp³-hybridized carbons (Fsp3) is 1.00. The highest BCUT2D eigenvalue weighted by Gasteiger charge is 2.29. The predicted octanol–water partition coefficient (Wildman–Crippen LogP) is 3.46. The van der Waals surface area contributed by atoms with Gasteiger partial charge in [0.1, 0.15) is 0 Å². The Labute approximate surface area is 94.3 Å². The molecule has 1 rings (SSSR count). The number of hydrogen-bond acceptors (Lipinski definition) is 2. The fourth-order valence-electron chi connectivity index (χ4n) is 2.86. The molecule has 0 N–H and O–H groups in total. The van der Waals surface area contributed by atoms with Crippen LogP contribution in [0.3, 0.4) is 0 Å². The van der Waals surface area contributed by atoms with E-state index in [2.05, 4.69) is 13.8 Å². The molecule has 90 valence electrons. The van der Waals surface area contributed by atoms with Gasteiger partial charge in [0, 0.05) is 20.1 Å². The maximum absolute atomic E-state index is 5.35. The molecule has 2 unspecified atom stereocenters. The molecule has 1 aliphatic carbocycles. The molecule has 1 fully saturated rings. The van der Waals surface area contributed by atoms with Crippen LogP contribution in [-0.4, -0.2) is 20.5 Å². The Hall–Kier alpha value is -0.0800. The molecule has 0 aromatic carbocycles. The van der Waals surface area contributed by atoms with Crippen molar-refractivity contribution in [2.24, 2.45) is 17.8 Å². The van der Waals surface area contributed by atoms with Gasteiger partial charge in [-0.3, -0.25) is 0 Å². The van der Waals surface area contributed by atoms with Crippen molar-refractivity contribution >= 4 is 0 Å². The Morgan fingerprint density at radius 2 is 1.47 bits per heavy atom. The van der Waals surface area contributed by atoms with Crippen molar-refractivity contribution in [2.45, 2.75) is 52.2 Å². The van der Waals surface area contributed by atoms with Crippen molar-refractivity contribution in [2.75, 3.05) is 14.2 Å². The van der Waals surface area contributed by atoms with Gasteiger partial charge in [-0.05, 0) is 11.8 Å². The van der Waals surface area contributed by atoms with Crippen LogP contribution in [0.15, 0.2) is 0 Å². The molecule has 0 aromatic heterocycles. The Morgan fingerprint density at radius 1 is 0.933 bits per heavy atom. The van der Waals surface area contributed by atoms with Gasteiger partial charge in [0.2, 0.25) is 0 Å². The lowest BCUT2D eigenvalue weighted by molar-refractivity contribution is -0.148. The molecule has 0 heterocycles. The van der Waals surface area contributed by atoms with Gasteiger partial charge in [-0.1, -0.05) is 46.0 Å². The summed E-state index contributed by atoms with van der Waals surface area (Å²) in [5, 5.41) is 0. The summed E-state index contributed by atoms with van der Waals surface area (Å²) >= 11 is 0. The molecule has 0 aliphatic heterocycles. The van der Waals surface area contributed by atoms with Crippen LogP contribution in [0.4, 0.5) is 0 Å². The monoisotopic (exact) mass is 214 g/mol. The summed E-state index contributed by atoms with van der Waals surface area (Å²) < 4.78 is 10.7. The Kier molecular flexibility index (Phi) is 5.62. The van der Waals surface area contributed by atoms with E-state index in [1.54, 1.807) is 14.2 Å². The third-order valence-corrected chi connectivity index (χ3v) is 4.12. The molecule has 2 atom stereocenters. The number of methoxy groups -OCH3 is 2. The van der Waals surface area contributed by atoms with E-state index in [9.17, 15) is 0 Å². The summed E-state index contributed by atoms with van der Waals surface area (Å²) in [6.45, 7) is 4.60. The third kappa shape index (κ3) is 3.46. The summed E-state index contributed by atoms with van der Waals surface area (Å²) in [5.41, 5.74) is 0. The topological polar surface area (TPSA) is 18.5 Å². The maximum Gasteiger partial charge on any atom is 0.159 e. The van der Waals surface area contributed by atoms with Crippen LogP contribution in [0.1, 0.15) is 46.0 Å². The first-order chi connectivity index (χ1) is 7.20. The normalized spacial score (nSPS) is 23.0. The standard InChI is InChI=1S/C13H26O2/c1-10(11(2)13(14-3)15-4)12-8-6-5-7-9-12/h10-13H,5-9H2,1-4H3. The molecule has 0 bridgehead atoms. The van der Waals surface area contributed by atoms with Crippen molar-refractivity contribution in [1.29, 1.82) is 0 Å². The van der Waals surface area contributed by atoms with Gasteiger partial charge in [0.05, 0.1) is 0 Å². The second-order valence-electron chi connectivity index (χ2n) is 4.96. The van der Waals surface area contributed by atoms with E-state index >= 15 is 0 Å². The van der Waals surface area contributed by atoms with Crippen molar-refractivity contribution in [3.8, 4) is 0 Å². The first-order valence-corrected chi connectivity index (χ1v) is 6.26. The van der Waals surface area contributed by atoms with Crippen LogP contribution in [-0.2, 0) is 9.47 Å². The molecule has 0 aromatic rings. The SMILES string of the molecule is COC(OC)C(C)C(C)C1CCCCC1. The average molecular weight is 214 g/mol. The second-order valence-corrected chi connectivity index (χ2v) is 4.96. The lowest BCUT2D eigenvalue weighted by Gasteiger charge is -2.34. The summed E-state index contributed by atoms with van der Waals surface area (Å²) in [7, 11) is 3.47. The first-order valence-electron chi connectivity index (χ1n) is 6.26. The van der Waals surface area contributed by atoms with Crippen LogP contribution in [0.25, 0.3) is 0 Å². The van der Waals surface area contributed by atoms with Crippen LogP contribution < -0.4 is 0 Å². The molecule has 1 saturated carbocycles. The van der Waals surface area contributed by atoms with E-state index in [-0.39, 0.29) is 6.29 Å². The lowest BCUT2D eigenvalue weighted by Crippen LogP contribution is -2.32. The van der Waals surface area contributed by atoms with E-state index in [4.69, 9.17) is 9.47 Å². The molecule has 0 saturated heterocycles. The van der Waals surface area contributed by atoms with Crippen molar-refractivity contribution in [1.82, 2.24) is 0 Å². The van der Waals surface area contributed by atoms with E-state index in [1.807, 2.05) is 0 Å². The minimum absolute atomic E-state index is 0.0399. The number of ether oxygens (including phenoxy) is 2. The van der Waals surface area contributed by atoms with Crippen molar-refractivity contribution in [3.63, 3.8) is 0 Å². The zero-order valence-electron chi connectivity index (χ0n) is 10.7. The van der Waals surface area contributed by atoms with E-state index in [1.165, 1.54) is 32.1 Å². The smallest absolute Gasteiger partial charge is 0.159 e. The minimum Gasteiger partial charge on any atom is -0.356 e. The summed E-state index contributed by atoms with van der Waals surface area (Å²) in [4.78, 5) is 0. The quantitative estimate of drug-likeness (QED) is 0.652. The van der Waals surface area contributed by atoms with Crippen LogP contribution in [0.5, 0.6) is 0 Å². The zero-order valence-corrected chi connectivity index (χ0v) is 10.7. The van der Waals surface area contributed by atoms with Crippen molar-refractivity contribution < 1.29 is 9.47 Å². The first kappa shape index (κ1) is 13.0. The zero-order chi connectivity index (χ0) is 11.3. The molecule has 0 radical (unpaired) electrons. The molecule has 1 aliphatic rings. The van der Waals surface area contributed by atoms with Crippen LogP contribution >= 0.6 is 0 Å². The average Bonchev–Trinajstić information content (AvgIpc) is 2.30. The van der Waals surface area contributed by atoms with Gasteiger partial charge >= 0.3 is 0 Å². The highest BCUT2D eigenvalue weighted by molar-refractivity contribution is 4.76. The van der Waals surface area contributed by atoms with Gasteiger partial charge in [-0.25, -0.2) is 0 Å². The molecular formula is C13H26O2. The second kappa shape index (κ2) is 6.49. The van der Waals surface area contributed by atoms with Crippen molar-refractivity contribution in [3.05, 3.63) is 0 Å². The molecule has 15 heavy (non-hydrogen) atoms. The highest BCUT2D eigenvalue weighted by Crippen LogP contribution is 2.35. The van der Waals surface area contributed by atoms with Gasteiger partial charge < -0.3 is 9.47 Å². The molecule has 2 nitrogen and oxygen atoms in total. The Morgan fingerprint density at radius 3 is 1.93 bits per heavy atom. The van der Waals surface area contributed by atoms with Gasteiger partial charge in [0.25, 0.3) is 0 Å². The lowest BCUT2D eigenvalue weighted by atomic mass is 9.75. The fourth-order valence-corrected chi connectivity index (χ4v) is 2.86. The number of hydrogen-bond donors (Lipinski definition) is 0. The van der Waals surface area contributed by atoms with Gasteiger partial charge in [-0.2, -0.15) is 0 Å². The molecular weight excluding hydrogens is 188 g/mol. The van der Waals surface area contributed by atoms with E-state index in [0.717, 1.165) is 5.92 Å². The highest BCUT2D eigenvalue weighted by atomic mass is 16.7. The largest absolute Gasteiger partial charge is 0.356 e. The Balaban J connectivity index is 2.45. The van der Waals surface area contributed by atoms with Gasteiger partial charge in [0.15, 0.2) is 6.29 Å². The third-order valence-electron chi connectivity index (χ3n) is 4.12. The van der Waals surface area contributed by atoms with E-state index < -0.39 is 0 Å². The summed E-state index contributed by atoms with van der Waals surface area (Å²) in [5.74, 6) is 2.07. The summed E-state index contributed by atoms with van der Waals surface area (Å²) in [6.07, 6.45) is 6.99. The van der Waals surface area contributed by atoms with Crippen LogP contribution in [0.2, 0.25) is 0 Å². The van der Waals surface area contributed by atoms with Gasteiger partial charge in [-0.15, -0.1) is 0 Å². The Bertz CT molecular complexity index is 160. The molecule has 0 amide bonds. The predicted molar refractivity (Wildman–Crippen MR) is 62.7 cm³/mol. The minimum atomic E-state index is -0.0399. The summed E-state index contributed by atoms with van der Waals surface area (Å²) in [6, 6.07) is 0. The van der Waals surface area contributed by atoms with Crippen LogP contribution in [0, 0.1) is 17.8 Å². The maximum atomic E-state index is 5.35.